The summed E-state index contributed by atoms with van der Waals surface area (Å²) in [5, 5.41) is 14.2. The molecule has 0 aromatic heterocycles. The molecule has 0 unspecified atom stereocenters. The van der Waals surface area contributed by atoms with Gasteiger partial charge in [-0.05, 0) is 40.5 Å². The quantitative estimate of drug-likeness (QED) is 0.645. The molecule has 0 radical (unpaired) electrons. The highest BCUT2D eigenvalue weighted by Gasteiger charge is 2.13. The molecule has 0 aliphatic carbocycles. The third-order valence-corrected chi connectivity index (χ3v) is 3.95. The maximum Gasteiger partial charge on any atom is 0.272 e. The molecule has 0 bridgehead atoms. The van der Waals surface area contributed by atoms with E-state index >= 15 is 0 Å². The largest absolute Gasteiger partial charge is 0.497 e. The molecule has 6 heteroatoms. The van der Waals surface area contributed by atoms with Crippen molar-refractivity contribution in [2.45, 2.75) is 13.5 Å². The van der Waals surface area contributed by atoms with Crippen LogP contribution in [0.15, 0.2) is 40.9 Å². The molecule has 21 heavy (non-hydrogen) atoms. The third kappa shape index (κ3) is 3.52. The number of nitrogens with one attached hydrogen (secondary N) is 1. The Balaban J connectivity index is 2.21. The van der Waals surface area contributed by atoms with Crippen molar-refractivity contribution in [2.75, 3.05) is 12.4 Å². The standard InChI is InChI=1S/C15H15BrN2O3/c1-10-11(4-3-5-15(10)18(19)20)9-17-14-8-12(21-2)6-7-13(14)16/h3-8,17H,9H2,1-2H3. The summed E-state index contributed by atoms with van der Waals surface area (Å²) in [5.41, 5.74) is 2.58. The summed E-state index contributed by atoms with van der Waals surface area (Å²) in [6, 6.07) is 10.7. The number of anilines is 1. The fourth-order valence-electron chi connectivity index (χ4n) is 2.02. The van der Waals surface area contributed by atoms with E-state index in [-0.39, 0.29) is 10.6 Å². The van der Waals surface area contributed by atoms with Crippen molar-refractivity contribution in [1.29, 1.82) is 0 Å². The van der Waals surface area contributed by atoms with E-state index in [1.54, 1.807) is 20.1 Å². The smallest absolute Gasteiger partial charge is 0.272 e. The summed E-state index contributed by atoms with van der Waals surface area (Å²) in [5.74, 6) is 0.747. The van der Waals surface area contributed by atoms with Crippen LogP contribution >= 0.6 is 15.9 Å². The number of nitro benzene ring substituents is 1. The van der Waals surface area contributed by atoms with E-state index < -0.39 is 0 Å². The fourth-order valence-corrected chi connectivity index (χ4v) is 2.40. The minimum atomic E-state index is -0.361. The molecule has 0 atom stereocenters. The van der Waals surface area contributed by atoms with Crippen LogP contribution in [0.3, 0.4) is 0 Å². The SMILES string of the molecule is COc1ccc(Br)c(NCc2cccc([N+](=O)[O-])c2C)c1. The molecule has 2 rings (SSSR count). The van der Waals surface area contributed by atoms with Gasteiger partial charge >= 0.3 is 0 Å². The van der Waals surface area contributed by atoms with E-state index in [1.165, 1.54) is 6.07 Å². The molecule has 5 nitrogen and oxygen atoms in total. The van der Waals surface area contributed by atoms with Gasteiger partial charge in [0.15, 0.2) is 0 Å². The predicted octanol–water partition coefficient (Wildman–Crippen LogP) is 4.29. The Kier molecular flexibility index (Phi) is 4.80. The summed E-state index contributed by atoms with van der Waals surface area (Å²) in [7, 11) is 1.61. The van der Waals surface area contributed by atoms with E-state index in [0.717, 1.165) is 21.5 Å². The number of benzene rings is 2. The van der Waals surface area contributed by atoms with Crippen molar-refractivity contribution in [2.24, 2.45) is 0 Å². The van der Waals surface area contributed by atoms with Gasteiger partial charge in [0.05, 0.1) is 17.7 Å². The van der Waals surface area contributed by atoms with Crippen LogP contribution < -0.4 is 10.1 Å². The van der Waals surface area contributed by atoms with Gasteiger partial charge in [-0.25, -0.2) is 0 Å². The third-order valence-electron chi connectivity index (χ3n) is 3.26. The molecular weight excluding hydrogens is 336 g/mol. The Labute approximate surface area is 131 Å². The van der Waals surface area contributed by atoms with Crippen LogP contribution in [0, 0.1) is 17.0 Å². The maximum absolute atomic E-state index is 10.9. The zero-order chi connectivity index (χ0) is 15.4. The Morgan fingerprint density at radius 2 is 2.10 bits per heavy atom. The van der Waals surface area contributed by atoms with Crippen LogP contribution in [0.1, 0.15) is 11.1 Å². The number of hydrogen-bond donors (Lipinski definition) is 1. The van der Waals surface area contributed by atoms with Crippen molar-refractivity contribution in [1.82, 2.24) is 0 Å². The molecule has 0 amide bonds. The van der Waals surface area contributed by atoms with Gasteiger partial charge in [0, 0.05) is 28.7 Å². The predicted molar refractivity (Wildman–Crippen MR) is 85.9 cm³/mol. The first-order chi connectivity index (χ1) is 10.0. The van der Waals surface area contributed by atoms with Crippen LogP contribution in [0.25, 0.3) is 0 Å². The molecule has 2 aromatic carbocycles. The first-order valence-corrected chi connectivity index (χ1v) is 7.12. The highest BCUT2D eigenvalue weighted by atomic mass is 79.9. The van der Waals surface area contributed by atoms with Crippen LogP contribution in [0.2, 0.25) is 0 Å². The number of nitro groups is 1. The highest BCUT2D eigenvalue weighted by molar-refractivity contribution is 9.10. The second-order valence-electron chi connectivity index (χ2n) is 4.52. The molecule has 0 saturated carbocycles. The van der Waals surface area contributed by atoms with E-state index in [1.807, 2.05) is 24.3 Å². The molecule has 2 aromatic rings. The number of halogens is 1. The van der Waals surface area contributed by atoms with Crippen LogP contribution in [0.4, 0.5) is 11.4 Å². The number of rotatable bonds is 5. The number of hydrogen-bond acceptors (Lipinski definition) is 4. The summed E-state index contributed by atoms with van der Waals surface area (Å²) < 4.78 is 6.09. The van der Waals surface area contributed by atoms with Crippen LogP contribution in [-0.2, 0) is 6.54 Å². The van der Waals surface area contributed by atoms with Crippen molar-refractivity contribution in [3.63, 3.8) is 0 Å². The molecule has 0 heterocycles. The van der Waals surface area contributed by atoms with Crippen molar-refractivity contribution >= 4 is 27.3 Å². The maximum atomic E-state index is 10.9. The van der Waals surface area contributed by atoms with Crippen molar-refractivity contribution in [3.8, 4) is 5.75 Å². The van der Waals surface area contributed by atoms with Gasteiger partial charge in [-0.2, -0.15) is 0 Å². The molecule has 110 valence electrons. The van der Waals surface area contributed by atoms with Gasteiger partial charge in [-0.1, -0.05) is 12.1 Å². The average molecular weight is 351 g/mol. The fraction of sp³-hybridized carbons (Fsp3) is 0.200. The minimum absolute atomic E-state index is 0.138. The zero-order valence-electron chi connectivity index (χ0n) is 11.7. The van der Waals surface area contributed by atoms with Crippen molar-refractivity contribution in [3.05, 3.63) is 62.1 Å². The normalized spacial score (nSPS) is 10.2. The number of methoxy groups -OCH3 is 1. The lowest BCUT2D eigenvalue weighted by Crippen LogP contribution is -2.04. The zero-order valence-corrected chi connectivity index (χ0v) is 13.3. The van der Waals surface area contributed by atoms with Gasteiger partial charge in [0.2, 0.25) is 0 Å². The van der Waals surface area contributed by atoms with Gasteiger partial charge in [-0.3, -0.25) is 10.1 Å². The Morgan fingerprint density at radius 3 is 2.76 bits per heavy atom. The topological polar surface area (TPSA) is 64.4 Å². The number of nitrogens with zero attached hydrogens (tertiary/aromatic N) is 1. The van der Waals surface area contributed by atoms with Crippen molar-refractivity contribution < 1.29 is 9.66 Å². The van der Waals surface area contributed by atoms with E-state index in [9.17, 15) is 10.1 Å². The summed E-state index contributed by atoms with van der Waals surface area (Å²) in [6.07, 6.45) is 0. The Bertz CT molecular complexity index is 674. The van der Waals surface area contributed by atoms with E-state index in [2.05, 4.69) is 21.2 Å². The van der Waals surface area contributed by atoms with Gasteiger partial charge < -0.3 is 10.1 Å². The molecule has 1 N–H and O–H groups in total. The Hall–Kier alpha value is -2.08. The molecule has 0 saturated heterocycles. The lowest BCUT2D eigenvalue weighted by Gasteiger charge is -2.12. The molecular formula is C15H15BrN2O3. The van der Waals surface area contributed by atoms with Gasteiger partial charge in [0.25, 0.3) is 5.69 Å². The lowest BCUT2D eigenvalue weighted by molar-refractivity contribution is -0.385. The van der Waals surface area contributed by atoms with E-state index in [0.29, 0.717) is 12.1 Å². The minimum Gasteiger partial charge on any atom is -0.497 e. The average Bonchev–Trinajstić information content (AvgIpc) is 2.47. The Morgan fingerprint density at radius 1 is 1.33 bits per heavy atom. The van der Waals surface area contributed by atoms with E-state index in [4.69, 9.17) is 4.74 Å². The van der Waals surface area contributed by atoms with Crippen LogP contribution in [-0.4, -0.2) is 12.0 Å². The first kappa shape index (κ1) is 15.3. The molecule has 0 aliphatic rings. The summed E-state index contributed by atoms with van der Waals surface area (Å²) in [4.78, 5) is 10.6. The summed E-state index contributed by atoms with van der Waals surface area (Å²) >= 11 is 3.46. The second kappa shape index (κ2) is 6.58. The lowest BCUT2D eigenvalue weighted by atomic mass is 10.1. The van der Waals surface area contributed by atoms with Gasteiger partial charge in [0.1, 0.15) is 5.75 Å². The first-order valence-electron chi connectivity index (χ1n) is 6.33. The highest BCUT2D eigenvalue weighted by Crippen LogP contribution is 2.28. The molecule has 0 fully saturated rings. The van der Waals surface area contributed by atoms with Crippen LogP contribution in [0.5, 0.6) is 5.75 Å². The second-order valence-corrected chi connectivity index (χ2v) is 5.37. The summed E-state index contributed by atoms with van der Waals surface area (Å²) in [6.45, 7) is 2.26. The molecule has 0 aliphatic heterocycles. The molecule has 0 spiro atoms. The monoisotopic (exact) mass is 350 g/mol. The van der Waals surface area contributed by atoms with Gasteiger partial charge in [-0.15, -0.1) is 0 Å². The number of ether oxygens (including phenoxy) is 1.